The SMILES string of the molecule is CC[Si](CC)(CC)OC1OC(COC(C)=O)C(OC(C)=O)C(OC(C)=O)C1I. The minimum Gasteiger partial charge on any atom is -0.463 e. The Bertz CT molecular complexity index is 545. The average Bonchev–Trinajstić information content (AvgIpc) is 2.62. The van der Waals surface area contributed by atoms with Gasteiger partial charge in [0.25, 0.3) is 0 Å². The molecule has 0 aromatic heterocycles. The van der Waals surface area contributed by atoms with Crippen molar-refractivity contribution in [3.63, 3.8) is 0 Å². The van der Waals surface area contributed by atoms with Crippen molar-refractivity contribution < 1.29 is 37.8 Å². The first-order valence-electron chi connectivity index (χ1n) is 9.54. The van der Waals surface area contributed by atoms with Gasteiger partial charge in [-0.05, 0) is 18.1 Å². The largest absolute Gasteiger partial charge is 0.463 e. The third-order valence-corrected chi connectivity index (χ3v) is 10.8. The van der Waals surface area contributed by atoms with E-state index in [1.165, 1.54) is 20.8 Å². The van der Waals surface area contributed by atoms with Crippen LogP contribution in [0.3, 0.4) is 0 Å². The van der Waals surface area contributed by atoms with Gasteiger partial charge in [0.1, 0.15) is 16.6 Å². The van der Waals surface area contributed by atoms with Crippen molar-refractivity contribution in [1.82, 2.24) is 0 Å². The van der Waals surface area contributed by atoms with Crippen LogP contribution in [0.25, 0.3) is 0 Å². The molecule has 8 nitrogen and oxygen atoms in total. The maximum atomic E-state index is 11.7. The lowest BCUT2D eigenvalue weighted by Gasteiger charge is -2.45. The quantitative estimate of drug-likeness (QED) is 0.148. The van der Waals surface area contributed by atoms with Gasteiger partial charge in [-0.1, -0.05) is 43.4 Å². The van der Waals surface area contributed by atoms with Gasteiger partial charge in [-0.15, -0.1) is 0 Å². The molecular formula is C18H31IO8Si. The number of alkyl halides is 1. The van der Waals surface area contributed by atoms with E-state index in [2.05, 4.69) is 43.4 Å². The summed E-state index contributed by atoms with van der Waals surface area (Å²) >= 11 is 2.11. The van der Waals surface area contributed by atoms with Crippen LogP contribution < -0.4 is 0 Å². The summed E-state index contributed by atoms with van der Waals surface area (Å²) < 4.78 is 28.2. The second-order valence-electron chi connectivity index (χ2n) is 6.80. The molecule has 0 aromatic rings. The van der Waals surface area contributed by atoms with Crippen LogP contribution in [0.4, 0.5) is 0 Å². The highest BCUT2D eigenvalue weighted by Crippen LogP contribution is 2.35. The number of ether oxygens (including phenoxy) is 4. The summed E-state index contributed by atoms with van der Waals surface area (Å²) in [4.78, 5) is 34.6. The lowest BCUT2D eigenvalue weighted by molar-refractivity contribution is -0.242. The van der Waals surface area contributed by atoms with E-state index in [0.717, 1.165) is 18.1 Å². The minimum absolute atomic E-state index is 0.132. The Morgan fingerprint density at radius 3 is 1.82 bits per heavy atom. The molecule has 1 heterocycles. The number of carbonyl (C=O) groups excluding carboxylic acids is 3. The van der Waals surface area contributed by atoms with Gasteiger partial charge in [-0.2, -0.15) is 0 Å². The molecule has 0 aliphatic carbocycles. The van der Waals surface area contributed by atoms with Gasteiger partial charge in [0, 0.05) is 20.8 Å². The van der Waals surface area contributed by atoms with Crippen LogP contribution >= 0.6 is 22.6 Å². The van der Waals surface area contributed by atoms with Crippen LogP contribution in [0.1, 0.15) is 41.5 Å². The third-order valence-electron chi connectivity index (χ3n) is 4.93. The molecule has 0 aromatic carbocycles. The molecule has 5 unspecified atom stereocenters. The van der Waals surface area contributed by atoms with Crippen LogP contribution in [0, 0.1) is 0 Å². The first kappa shape index (κ1) is 25.3. The Kier molecular flexibility index (Phi) is 10.4. The topological polar surface area (TPSA) is 97.4 Å². The number of carbonyl (C=O) groups is 3. The summed E-state index contributed by atoms with van der Waals surface area (Å²) in [5.74, 6) is -1.52. The molecule has 28 heavy (non-hydrogen) atoms. The summed E-state index contributed by atoms with van der Waals surface area (Å²) in [6.07, 6.45) is -3.14. The Morgan fingerprint density at radius 1 is 0.893 bits per heavy atom. The number of rotatable bonds is 9. The first-order chi connectivity index (χ1) is 13.1. The van der Waals surface area contributed by atoms with Gasteiger partial charge >= 0.3 is 17.9 Å². The van der Waals surface area contributed by atoms with E-state index in [9.17, 15) is 14.4 Å². The third kappa shape index (κ3) is 6.96. The van der Waals surface area contributed by atoms with E-state index in [1.807, 2.05) is 0 Å². The molecule has 1 aliphatic rings. The Morgan fingerprint density at radius 2 is 1.39 bits per heavy atom. The lowest BCUT2D eigenvalue weighted by Crippen LogP contribution is -2.61. The fraction of sp³-hybridized carbons (Fsp3) is 0.833. The van der Waals surface area contributed by atoms with Gasteiger partial charge in [0.2, 0.25) is 0 Å². The average molecular weight is 530 g/mol. The standard InChI is InChI=1S/C18H31IO8Si/c1-7-28(8-2,9-3)27-18-15(19)17(25-13(6)22)16(24-12(5)21)14(26-18)10-23-11(4)20/h14-18H,7-10H2,1-6H3. The zero-order valence-electron chi connectivity index (χ0n) is 17.4. The van der Waals surface area contributed by atoms with E-state index < -0.39 is 54.8 Å². The molecule has 0 radical (unpaired) electrons. The van der Waals surface area contributed by atoms with Crippen LogP contribution in [0.15, 0.2) is 0 Å². The van der Waals surface area contributed by atoms with E-state index in [1.54, 1.807) is 0 Å². The molecule has 5 atom stereocenters. The van der Waals surface area contributed by atoms with Crippen LogP contribution in [0.5, 0.6) is 0 Å². The van der Waals surface area contributed by atoms with Gasteiger partial charge in [-0.3, -0.25) is 14.4 Å². The highest BCUT2D eigenvalue weighted by Gasteiger charge is 2.51. The zero-order valence-corrected chi connectivity index (χ0v) is 20.5. The Labute approximate surface area is 181 Å². The fourth-order valence-electron chi connectivity index (χ4n) is 3.20. The zero-order chi connectivity index (χ0) is 21.5. The van der Waals surface area contributed by atoms with E-state index in [4.69, 9.17) is 23.4 Å². The van der Waals surface area contributed by atoms with E-state index in [0.29, 0.717) is 0 Å². The van der Waals surface area contributed by atoms with Gasteiger partial charge in [-0.25, -0.2) is 0 Å². The van der Waals surface area contributed by atoms with Crippen molar-refractivity contribution in [3.8, 4) is 0 Å². The summed E-state index contributed by atoms with van der Waals surface area (Å²) in [5.41, 5.74) is 0. The predicted octanol–water partition coefficient (Wildman–Crippen LogP) is 2.96. The summed E-state index contributed by atoms with van der Waals surface area (Å²) in [7, 11) is -2.03. The second-order valence-corrected chi connectivity index (χ2v) is 13.0. The molecule has 0 bridgehead atoms. The normalized spacial score (nSPS) is 27.8. The first-order valence-corrected chi connectivity index (χ1v) is 13.3. The molecule has 1 aliphatic heterocycles. The summed E-state index contributed by atoms with van der Waals surface area (Å²) in [5, 5.41) is 0. The molecular weight excluding hydrogens is 499 g/mol. The molecule has 1 fully saturated rings. The molecule has 0 spiro atoms. The number of esters is 3. The van der Waals surface area contributed by atoms with Crippen molar-refractivity contribution in [2.45, 2.75) is 88.2 Å². The van der Waals surface area contributed by atoms with Crippen molar-refractivity contribution in [2.75, 3.05) is 6.61 Å². The minimum atomic E-state index is -2.03. The number of hydrogen-bond acceptors (Lipinski definition) is 8. The van der Waals surface area contributed by atoms with Crippen molar-refractivity contribution in [3.05, 3.63) is 0 Å². The fourth-order valence-corrected chi connectivity index (χ4v) is 7.05. The maximum Gasteiger partial charge on any atom is 0.303 e. The van der Waals surface area contributed by atoms with E-state index in [-0.39, 0.29) is 6.61 Å². The van der Waals surface area contributed by atoms with Crippen LogP contribution in [0.2, 0.25) is 18.1 Å². The van der Waals surface area contributed by atoms with Gasteiger partial charge < -0.3 is 23.4 Å². The number of halogens is 1. The van der Waals surface area contributed by atoms with Crippen LogP contribution in [-0.4, -0.2) is 61.4 Å². The van der Waals surface area contributed by atoms with Gasteiger partial charge in [0.05, 0.1) is 0 Å². The highest BCUT2D eigenvalue weighted by molar-refractivity contribution is 14.1. The molecule has 1 saturated heterocycles. The van der Waals surface area contributed by atoms with Crippen LogP contribution in [-0.2, 0) is 37.8 Å². The van der Waals surface area contributed by atoms with Gasteiger partial charge in [0.15, 0.2) is 26.8 Å². The maximum absolute atomic E-state index is 11.7. The lowest BCUT2D eigenvalue weighted by atomic mass is 10.0. The Balaban J connectivity index is 3.20. The predicted molar refractivity (Wildman–Crippen MR) is 112 cm³/mol. The molecule has 10 heteroatoms. The highest BCUT2D eigenvalue weighted by atomic mass is 127. The Hall–Kier alpha value is -0.723. The summed E-state index contributed by atoms with van der Waals surface area (Å²) in [6.45, 7) is 10.0. The molecule has 0 saturated carbocycles. The monoisotopic (exact) mass is 530 g/mol. The smallest absolute Gasteiger partial charge is 0.303 e. The van der Waals surface area contributed by atoms with E-state index >= 15 is 0 Å². The summed E-state index contributed by atoms with van der Waals surface area (Å²) in [6, 6.07) is 2.76. The molecule has 162 valence electrons. The van der Waals surface area contributed by atoms with Crippen molar-refractivity contribution in [2.24, 2.45) is 0 Å². The second kappa shape index (κ2) is 11.5. The van der Waals surface area contributed by atoms with Crippen molar-refractivity contribution >= 4 is 48.8 Å². The molecule has 0 N–H and O–H groups in total. The molecule has 1 rings (SSSR count). The number of hydrogen-bond donors (Lipinski definition) is 0. The van der Waals surface area contributed by atoms with Crippen molar-refractivity contribution in [1.29, 1.82) is 0 Å². The molecule has 0 amide bonds.